The van der Waals surface area contributed by atoms with Gasteiger partial charge in [-0.25, -0.2) is 17.9 Å². The third-order valence-electron chi connectivity index (χ3n) is 3.07. The summed E-state index contributed by atoms with van der Waals surface area (Å²) in [6, 6.07) is 1.42. The molecule has 1 heterocycles. The number of primary sulfonamides is 1. The van der Waals surface area contributed by atoms with E-state index in [9.17, 15) is 17.6 Å². The monoisotopic (exact) mass is 336 g/mol. The van der Waals surface area contributed by atoms with Crippen LogP contribution in [0.4, 0.5) is 4.39 Å². The highest BCUT2D eigenvalue weighted by Gasteiger charge is 2.23. The summed E-state index contributed by atoms with van der Waals surface area (Å²) in [6.45, 7) is 0.976. The first-order valence-corrected chi connectivity index (χ1v) is 8.12. The van der Waals surface area contributed by atoms with Crippen molar-refractivity contribution >= 4 is 27.5 Å². The Balaban J connectivity index is 2.29. The smallest absolute Gasteiger partial charge is 0.253 e. The average molecular weight is 337 g/mol. The van der Waals surface area contributed by atoms with Gasteiger partial charge in [-0.05, 0) is 25.0 Å². The molecule has 1 aliphatic heterocycles. The van der Waals surface area contributed by atoms with E-state index in [1.54, 1.807) is 0 Å². The lowest BCUT2D eigenvalue weighted by atomic mass is 10.1. The molecule has 6 nitrogen and oxygen atoms in total. The van der Waals surface area contributed by atoms with Crippen molar-refractivity contribution in [2.75, 3.05) is 13.2 Å². The molecular formula is C12H14ClFN2O4S. The van der Waals surface area contributed by atoms with Gasteiger partial charge >= 0.3 is 0 Å². The maximum atomic E-state index is 13.7. The molecule has 0 aliphatic carbocycles. The van der Waals surface area contributed by atoms with Crippen molar-refractivity contribution in [3.63, 3.8) is 0 Å². The zero-order valence-electron chi connectivity index (χ0n) is 10.9. The van der Waals surface area contributed by atoms with Crippen molar-refractivity contribution in [2.24, 2.45) is 5.14 Å². The van der Waals surface area contributed by atoms with Crippen LogP contribution in [0.15, 0.2) is 17.0 Å². The van der Waals surface area contributed by atoms with Gasteiger partial charge in [0.25, 0.3) is 5.91 Å². The number of rotatable bonds is 3. The number of halogens is 2. The Morgan fingerprint density at radius 1 is 1.48 bits per heavy atom. The maximum Gasteiger partial charge on any atom is 0.253 e. The van der Waals surface area contributed by atoms with Crippen LogP contribution in [0.2, 0.25) is 5.02 Å². The largest absolute Gasteiger partial charge is 0.379 e. The van der Waals surface area contributed by atoms with Crippen LogP contribution in [-0.4, -0.2) is 33.6 Å². The summed E-state index contributed by atoms with van der Waals surface area (Å²) >= 11 is 5.73. The van der Waals surface area contributed by atoms with E-state index in [1.165, 1.54) is 0 Å². The van der Waals surface area contributed by atoms with Gasteiger partial charge in [0.2, 0.25) is 10.0 Å². The molecule has 9 heteroatoms. The Labute approximate surface area is 126 Å². The van der Waals surface area contributed by atoms with Crippen molar-refractivity contribution in [1.82, 2.24) is 5.32 Å². The Hall–Kier alpha value is -1.22. The molecule has 1 aromatic rings. The van der Waals surface area contributed by atoms with E-state index >= 15 is 0 Å². The number of hydrogen-bond donors (Lipinski definition) is 2. The molecule has 1 aliphatic rings. The highest BCUT2D eigenvalue weighted by molar-refractivity contribution is 7.89. The van der Waals surface area contributed by atoms with Crippen LogP contribution < -0.4 is 10.5 Å². The lowest BCUT2D eigenvalue weighted by molar-refractivity contribution is 0.0624. The second-order valence-corrected chi connectivity index (χ2v) is 6.64. The van der Waals surface area contributed by atoms with Gasteiger partial charge in [-0.3, -0.25) is 4.79 Å². The quantitative estimate of drug-likeness (QED) is 0.861. The van der Waals surface area contributed by atoms with E-state index < -0.39 is 31.7 Å². The Morgan fingerprint density at radius 2 is 2.19 bits per heavy atom. The van der Waals surface area contributed by atoms with Gasteiger partial charge in [0.1, 0.15) is 5.82 Å². The van der Waals surface area contributed by atoms with Gasteiger partial charge in [0.15, 0.2) is 0 Å². The summed E-state index contributed by atoms with van der Waals surface area (Å²) in [5, 5.41) is 7.12. The molecule has 2 rings (SSSR count). The molecule has 0 spiro atoms. The normalized spacial score (nSPS) is 19.3. The fourth-order valence-corrected chi connectivity index (χ4v) is 2.76. The maximum absolute atomic E-state index is 13.7. The van der Waals surface area contributed by atoms with Gasteiger partial charge in [0, 0.05) is 6.61 Å². The zero-order chi connectivity index (χ0) is 15.6. The van der Waals surface area contributed by atoms with Gasteiger partial charge in [-0.2, -0.15) is 0 Å². The highest BCUT2D eigenvalue weighted by Crippen LogP contribution is 2.24. The number of benzene rings is 1. The molecule has 0 saturated carbocycles. The lowest BCUT2D eigenvalue weighted by Crippen LogP contribution is -2.40. The molecule has 1 amide bonds. The molecule has 1 saturated heterocycles. The Morgan fingerprint density at radius 3 is 2.76 bits per heavy atom. The topological polar surface area (TPSA) is 98.5 Å². The summed E-state index contributed by atoms with van der Waals surface area (Å²) in [7, 11) is -4.13. The first-order chi connectivity index (χ1) is 9.79. The summed E-state index contributed by atoms with van der Waals surface area (Å²) in [5.74, 6) is -1.69. The molecule has 1 aromatic carbocycles. The zero-order valence-corrected chi connectivity index (χ0v) is 12.5. The Kier molecular flexibility index (Phi) is 4.82. The first-order valence-electron chi connectivity index (χ1n) is 6.19. The Bertz CT molecular complexity index is 659. The lowest BCUT2D eigenvalue weighted by Gasteiger charge is -2.23. The predicted molar refractivity (Wildman–Crippen MR) is 74.1 cm³/mol. The van der Waals surface area contributed by atoms with Crippen LogP contribution in [0.1, 0.15) is 23.2 Å². The summed E-state index contributed by atoms with van der Waals surface area (Å²) < 4.78 is 41.4. The van der Waals surface area contributed by atoms with Crippen LogP contribution in [0, 0.1) is 5.82 Å². The van der Waals surface area contributed by atoms with Gasteiger partial charge < -0.3 is 10.1 Å². The molecule has 1 atom stereocenters. The first kappa shape index (κ1) is 16.2. The van der Waals surface area contributed by atoms with Crippen molar-refractivity contribution in [1.29, 1.82) is 0 Å². The minimum Gasteiger partial charge on any atom is -0.379 e. The number of carbonyl (C=O) groups is 1. The van der Waals surface area contributed by atoms with E-state index in [4.69, 9.17) is 21.5 Å². The predicted octanol–water partition coefficient (Wildman–Crippen LogP) is 1.04. The second-order valence-electron chi connectivity index (χ2n) is 4.70. The van der Waals surface area contributed by atoms with Crippen molar-refractivity contribution < 1.29 is 22.3 Å². The van der Waals surface area contributed by atoms with Gasteiger partial charge in [-0.15, -0.1) is 0 Å². The van der Waals surface area contributed by atoms with Crippen LogP contribution in [0.5, 0.6) is 0 Å². The summed E-state index contributed by atoms with van der Waals surface area (Å²) in [4.78, 5) is 11.6. The third-order valence-corrected chi connectivity index (χ3v) is 4.35. The number of nitrogens with two attached hydrogens (primary N) is 1. The molecule has 0 radical (unpaired) electrons. The average Bonchev–Trinajstić information content (AvgIpc) is 2.41. The van der Waals surface area contributed by atoms with Crippen molar-refractivity contribution in [2.45, 2.75) is 23.8 Å². The SMILES string of the molecule is NS(=O)(=O)c1cc(F)c(Cl)c(C(=O)NC2CCCOC2)c1. The summed E-state index contributed by atoms with van der Waals surface area (Å²) in [6.07, 6.45) is 1.52. The van der Waals surface area contributed by atoms with E-state index in [0.717, 1.165) is 18.9 Å². The van der Waals surface area contributed by atoms with E-state index in [-0.39, 0.29) is 11.6 Å². The minimum absolute atomic E-state index is 0.219. The minimum atomic E-state index is -4.13. The molecule has 116 valence electrons. The van der Waals surface area contributed by atoms with Crippen molar-refractivity contribution in [3.8, 4) is 0 Å². The molecule has 1 unspecified atom stereocenters. The van der Waals surface area contributed by atoms with Gasteiger partial charge in [0.05, 0.1) is 28.1 Å². The fourth-order valence-electron chi connectivity index (χ4n) is 2.01. The molecule has 3 N–H and O–H groups in total. The number of amides is 1. The van der Waals surface area contributed by atoms with Crippen LogP contribution >= 0.6 is 11.6 Å². The van der Waals surface area contributed by atoms with E-state index in [1.807, 2.05) is 0 Å². The molecule has 0 bridgehead atoms. The van der Waals surface area contributed by atoms with Crippen LogP contribution in [0.25, 0.3) is 0 Å². The summed E-state index contributed by atoms with van der Waals surface area (Å²) in [5.41, 5.74) is -0.272. The second kappa shape index (κ2) is 6.27. The van der Waals surface area contributed by atoms with Crippen LogP contribution in [-0.2, 0) is 14.8 Å². The molecule has 1 fully saturated rings. The standard InChI is InChI=1S/C12H14ClFN2O4S/c13-11-9(4-8(5-10(11)14)21(15,18)19)12(17)16-7-2-1-3-20-6-7/h4-5,7H,1-3,6H2,(H,16,17)(H2,15,18,19). The molecular weight excluding hydrogens is 323 g/mol. The van der Waals surface area contributed by atoms with Gasteiger partial charge in [-0.1, -0.05) is 11.6 Å². The van der Waals surface area contributed by atoms with E-state index in [0.29, 0.717) is 19.3 Å². The number of nitrogens with one attached hydrogen (secondary N) is 1. The van der Waals surface area contributed by atoms with E-state index in [2.05, 4.69) is 5.32 Å². The van der Waals surface area contributed by atoms with Crippen molar-refractivity contribution in [3.05, 3.63) is 28.5 Å². The number of sulfonamides is 1. The number of carbonyl (C=O) groups excluding carboxylic acids is 1. The van der Waals surface area contributed by atoms with Crippen LogP contribution in [0.3, 0.4) is 0 Å². The molecule has 21 heavy (non-hydrogen) atoms. The molecule has 0 aromatic heterocycles. The third kappa shape index (κ3) is 3.91. The number of ether oxygens (including phenoxy) is 1. The fraction of sp³-hybridized carbons (Fsp3) is 0.417. The number of hydrogen-bond acceptors (Lipinski definition) is 4. The highest BCUT2D eigenvalue weighted by atomic mass is 35.5.